The standard InChI is InChI=1S/C17H26N4O4S2/c1-11-3-4-12-13(9-11)26-17(15(12)16(18)23)19-14(22)10-20-5-7-21(8-6-20)27(2,24)25/h11H,3-10H2,1-2H3,(H2,18,23)(H,19,22)/t11-/m0/s1. The molecule has 0 aromatic carbocycles. The van der Waals surface area contributed by atoms with Crippen molar-refractivity contribution >= 4 is 38.2 Å². The molecule has 10 heteroatoms. The lowest BCUT2D eigenvalue weighted by Gasteiger charge is -2.32. The van der Waals surface area contributed by atoms with Crippen molar-refractivity contribution in [1.82, 2.24) is 9.21 Å². The molecular weight excluding hydrogens is 388 g/mol. The van der Waals surface area contributed by atoms with E-state index in [1.165, 1.54) is 21.9 Å². The minimum Gasteiger partial charge on any atom is -0.365 e. The number of hydrogen-bond donors (Lipinski definition) is 2. The normalized spacial score (nSPS) is 21.6. The van der Waals surface area contributed by atoms with Gasteiger partial charge in [-0.2, -0.15) is 4.31 Å². The molecule has 0 spiro atoms. The Labute approximate surface area is 163 Å². The van der Waals surface area contributed by atoms with Crippen LogP contribution in [0.2, 0.25) is 0 Å². The summed E-state index contributed by atoms with van der Waals surface area (Å²) < 4.78 is 24.5. The fourth-order valence-corrected chi connectivity index (χ4v) is 5.95. The Morgan fingerprint density at radius 3 is 2.52 bits per heavy atom. The van der Waals surface area contributed by atoms with E-state index in [2.05, 4.69) is 12.2 Å². The summed E-state index contributed by atoms with van der Waals surface area (Å²) in [5.74, 6) is -0.150. The Bertz CT molecular complexity index is 841. The molecule has 2 heterocycles. The number of rotatable bonds is 5. The summed E-state index contributed by atoms with van der Waals surface area (Å²) in [4.78, 5) is 27.5. The predicted octanol–water partition coefficient (Wildman–Crippen LogP) is 0.488. The van der Waals surface area contributed by atoms with E-state index in [0.717, 1.165) is 29.7 Å². The highest BCUT2D eigenvalue weighted by Gasteiger charge is 2.28. The minimum absolute atomic E-state index is 0.161. The van der Waals surface area contributed by atoms with E-state index in [1.54, 1.807) is 0 Å². The highest BCUT2D eigenvalue weighted by molar-refractivity contribution is 7.88. The van der Waals surface area contributed by atoms with Gasteiger partial charge in [-0.15, -0.1) is 11.3 Å². The highest BCUT2D eigenvalue weighted by atomic mass is 32.2. The smallest absolute Gasteiger partial charge is 0.251 e. The third-order valence-electron chi connectivity index (χ3n) is 5.18. The summed E-state index contributed by atoms with van der Waals surface area (Å²) in [5.41, 5.74) is 7.02. The molecule has 1 aromatic rings. The zero-order chi connectivity index (χ0) is 19.8. The molecule has 3 N–H and O–H groups in total. The van der Waals surface area contributed by atoms with Crippen molar-refractivity contribution in [3.8, 4) is 0 Å². The molecule has 1 saturated heterocycles. The molecule has 0 radical (unpaired) electrons. The average Bonchev–Trinajstić information content (AvgIpc) is 2.91. The lowest BCUT2D eigenvalue weighted by Crippen LogP contribution is -2.50. The zero-order valence-electron chi connectivity index (χ0n) is 15.7. The van der Waals surface area contributed by atoms with Crippen LogP contribution in [0.4, 0.5) is 5.00 Å². The number of nitrogens with zero attached hydrogens (tertiary/aromatic N) is 2. The molecule has 0 bridgehead atoms. The van der Waals surface area contributed by atoms with E-state index in [4.69, 9.17) is 5.73 Å². The average molecular weight is 415 g/mol. The van der Waals surface area contributed by atoms with Gasteiger partial charge >= 0.3 is 0 Å². The van der Waals surface area contributed by atoms with Crippen LogP contribution in [0.5, 0.6) is 0 Å². The summed E-state index contributed by atoms with van der Waals surface area (Å²) in [6, 6.07) is 0. The molecule has 150 valence electrons. The Kier molecular flexibility index (Phi) is 5.90. The number of nitrogens with two attached hydrogens (primary N) is 1. The number of carbonyl (C=O) groups excluding carboxylic acids is 2. The summed E-state index contributed by atoms with van der Waals surface area (Å²) in [5, 5.41) is 3.40. The molecule has 2 amide bonds. The Morgan fingerprint density at radius 2 is 1.93 bits per heavy atom. The van der Waals surface area contributed by atoms with E-state index < -0.39 is 15.9 Å². The number of hydrogen-bond acceptors (Lipinski definition) is 6. The van der Waals surface area contributed by atoms with Crippen molar-refractivity contribution in [3.05, 3.63) is 16.0 Å². The largest absolute Gasteiger partial charge is 0.365 e. The van der Waals surface area contributed by atoms with Crippen LogP contribution < -0.4 is 11.1 Å². The summed E-state index contributed by atoms with van der Waals surface area (Å²) in [7, 11) is -3.19. The summed E-state index contributed by atoms with van der Waals surface area (Å²) >= 11 is 1.45. The van der Waals surface area contributed by atoms with Crippen LogP contribution in [0, 0.1) is 5.92 Å². The topological polar surface area (TPSA) is 113 Å². The van der Waals surface area contributed by atoms with E-state index in [9.17, 15) is 18.0 Å². The fourth-order valence-electron chi connectivity index (χ4n) is 3.69. The monoisotopic (exact) mass is 414 g/mol. The third kappa shape index (κ3) is 4.68. The number of nitrogens with one attached hydrogen (secondary N) is 1. The van der Waals surface area contributed by atoms with Crippen molar-refractivity contribution in [1.29, 1.82) is 0 Å². The van der Waals surface area contributed by atoms with Gasteiger partial charge in [0.1, 0.15) is 5.00 Å². The van der Waals surface area contributed by atoms with Gasteiger partial charge in [-0.3, -0.25) is 14.5 Å². The van der Waals surface area contributed by atoms with Crippen LogP contribution in [-0.4, -0.2) is 68.4 Å². The maximum Gasteiger partial charge on any atom is 0.251 e. The first-order chi connectivity index (χ1) is 12.6. The van der Waals surface area contributed by atoms with Gasteiger partial charge in [0.15, 0.2) is 0 Å². The highest BCUT2D eigenvalue weighted by Crippen LogP contribution is 2.39. The Morgan fingerprint density at radius 1 is 1.26 bits per heavy atom. The van der Waals surface area contributed by atoms with Gasteiger partial charge in [0.2, 0.25) is 15.9 Å². The number of carbonyl (C=O) groups is 2. The van der Waals surface area contributed by atoms with Gasteiger partial charge in [-0.25, -0.2) is 8.42 Å². The lowest BCUT2D eigenvalue weighted by molar-refractivity contribution is -0.117. The van der Waals surface area contributed by atoms with Crippen LogP contribution in [-0.2, 0) is 27.7 Å². The molecule has 1 aromatic heterocycles. The van der Waals surface area contributed by atoms with Gasteiger partial charge in [0.25, 0.3) is 5.91 Å². The lowest BCUT2D eigenvalue weighted by atomic mass is 9.88. The van der Waals surface area contributed by atoms with Crippen molar-refractivity contribution in [3.63, 3.8) is 0 Å². The van der Waals surface area contributed by atoms with Crippen molar-refractivity contribution in [2.24, 2.45) is 11.7 Å². The molecule has 1 fully saturated rings. The second-order valence-electron chi connectivity index (χ2n) is 7.41. The van der Waals surface area contributed by atoms with E-state index >= 15 is 0 Å². The number of anilines is 1. The molecule has 1 aliphatic carbocycles. The van der Waals surface area contributed by atoms with E-state index in [0.29, 0.717) is 42.7 Å². The first-order valence-electron chi connectivity index (χ1n) is 9.06. The molecule has 27 heavy (non-hydrogen) atoms. The SMILES string of the molecule is C[C@H]1CCc2c(sc(NC(=O)CN3CCN(S(C)(=O)=O)CC3)c2C(N)=O)C1. The second kappa shape index (κ2) is 7.86. The fraction of sp³-hybridized carbons (Fsp3) is 0.647. The molecule has 1 aliphatic heterocycles. The molecule has 0 unspecified atom stereocenters. The van der Waals surface area contributed by atoms with Gasteiger partial charge < -0.3 is 11.1 Å². The molecule has 8 nitrogen and oxygen atoms in total. The number of thiophene rings is 1. The van der Waals surface area contributed by atoms with E-state index in [-0.39, 0.29) is 12.5 Å². The maximum atomic E-state index is 12.5. The van der Waals surface area contributed by atoms with Crippen molar-refractivity contribution < 1.29 is 18.0 Å². The molecule has 2 aliphatic rings. The predicted molar refractivity (Wildman–Crippen MR) is 106 cm³/mol. The molecule has 1 atom stereocenters. The number of amides is 2. The van der Waals surface area contributed by atoms with Crippen LogP contribution in [0.1, 0.15) is 34.1 Å². The van der Waals surface area contributed by atoms with Crippen LogP contribution >= 0.6 is 11.3 Å². The molecule has 3 rings (SSSR count). The van der Waals surface area contributed by atoms with Crippen molar-refractivity contribution in [2.75, 3.05) is 44.3 Å². The summed E-state index contributed by atoms with van der Waals surface area (Å²) in [6.45, 7) is 4.10. The Balaban J connectivity index is 1.64. The van der Waals surface area contributed by atoms with Crippen molar-refractivity contribution in [2.45, 2.75) is 26.2 Å². The van der Waals surface area contributed by atoms with Gasteiger partial charge in [-0.05, 0) is 30.7 Å². The number of fused-ring (bicyclic) bond motifs is 1. The first-order valence-corrected chi connectivity index (χ1v) is 11.7. The molecule has 0 saturated carbocycles. The molecular formula is C17H26N4O4S2. The number of piperazine rings is 1. The van der Waals surface area contributed by atoms with Gasteiger partial charge in [0, 0.05) is 31.1 Å². The van der Waals surface area contributed by atoms with Gasteiger partial charge in [0.05, 0.1) is 18.4 Å². The maximum absolute atomic E-state index is 12.5. The summed E-state index contributed by atoms with van der Waals surface area (Å²) in [6.07, 6.45) is 3.93. The van der Waals surface area contributed by atoms with Gasteiger partial charge in [-0.1, -0.05) is 6.92 Å². The third-order valence-corrected chi connectivity index (χ3v) is 7.65. The van der Waals surface area contributed by atoms with Crippen LogP contribution in [0.15, 0.2) is 0 Å². The zero-order valence-corrected chi connectivity index (χ0v) is 17.3. The minimum atomic E-state index is -3.19. The quantitative estimate of drug-likeness (QED) is 0.728. The number of sulfonamides is 1. The van der Waals surface area contributed by atoms with Crippen LogP contribution in [0.3, 0.4) is 0 Å². The Hall–Kier alpha value is -1.49. The van der Waals surface area contributed by atoms with Crippen LogP contribution in [0.25, 0.3) is 0 Å². The van der Waals surface area contributed by atoms with E-state index in [1.807, 2.05) is 4.90 Å². The number of primary amides is 1. The second-order valence-corrected chi connectivity index (χ2v) is 10.5. The first kappa shape index (κ1) is 20.2.